The van der Waals surface area contributed by atoms with Crippen LogP contribution in [0, 0.1) is 18.3 Å². The lowest BCUT2D eigenvalue weighted by Crippen LogP contribution is -2.61. The Morgan fingerprint density at radius 1 is 1.30 bits per heavy atom. The van der Waals surface area contributed by atoms with Gasteiger partial charge in [0.1, 0.15) is 12.1 Å². The number of carbonyl (C=O) groups excluding carboxylic acids is 3. The highest BCUT2D eigenvalue weighted by atomic mass is 16.5. The molecule has 1 aromatic carbocycles. The maximum absolute atomic E-state index is 12.3. The van der Waals surface area contributed by atoms with Crippen molar-refractivity contribution in [3.8, 4) is 6.07 Å². The monoisotopic (exact) mass is 369 g/mol. The molecule has 1 aliphatic heterocycles. The highest BCUT2D eigenvalue weighted by molar-refractivity contribution is 5.99. The minimum Gasteiger partial charge on any atom is -0.468 e. The van der Waals surface area contributed by atoms with Gasteiger partial charge in [0.05, 0.1) is 18.7 Å². The van der Waals surface area contributed by atoms with Gasteiger partial charge in [-0.1, -0.05) is 24.3 Å². The third-order valence-corrected chi connectivity index (χ3v) is 4.69. The molecule has 1 heterocycles. The number of nitriles is 1. The van der Waals surface area contributed by atoms with E-state index in [2.05, 4.69) is 17.4 Å². The molecule has 1 saturated heterocycles. The molecule has 0 N–H and O–H groups in total. The van der Waals surface area contributed by atoms with E-state index in [4.69, 9.17) is 5.26 Å². The smallest absolute Gasteiger partial charge is 0.325 e. The summed E-state index contributed by atoms with van der Waals surface area (Å²) in [5.74, 6) is -0.824. The number of benzene rings is 1. The number of hydrogen-bond acceptors (Lipinski definition) is 5. The average molecular weight is 369 g/mol. The molecule has 3 rings (SSSR count). The molecular formula is C20H23N3O4. The number of methoxy groups -OCH3 is 1. The summed E-state index contributed by atoms with van der Waals surface area (Å²) in [5, 5.41) is 8.38. The Morgan fingerprint density at radius 2 is 1.93 bits per heavy atom. The minimum atomic E-state index is -0.725. The molecule has 0 radical (unpaired) electrons. The Labute approximate surface area is 158 Å². The van der Waals surface area contributed by atoms with Gasteiger partial charge in [0.15, 0.2) is 0 Å². The van der Waals surface area contributed by atoms with Gasteiger partial charge in [-0.25, -0.2) is 0 Å². The molecule has 7 nitrogen and oxygen atoms in total. The van der Waals surface area contributed by atoms with Crippen molar-refractivity contribution in [3.63, 3.8) is 0 Å². The quantitative estimate of drug-likeness (QED) is 0.594. The number of nitrogens with zero attached hydrogens (tertiary/aromatic N) is 3. The zero-order valence-corrected chi connectivity index (χ0v) is 15.6. The molecule has 2 aliphatic rings. The van der Waals surface area contributed by atoms with Gasteiger partial charge in [0.25, 0.3) is 0 Å². The molecule has 2 fully saturated rings. The Balaban J connectivity index is 0.000000244. The lowest BCUT2D eigenvalue weighted by molar-refractivity contribution is -0.156. The standard InChI is InChI=1S/C12H16N2O4.C8H7N/c1-3-9(15)14-7-6-13(8-10(16)18-2)11(17)12(14)4-5-12;1-7-2-4-8(6-9)5-3-7/h3H,1,4-8H2,2H3;2-5H,1H3. The second kappa shape index (κ2) is 8.49. The van der Waals surface area contributed by atoms with E-state index in [0.717, 1.165) is 5.56 Å². The van der Waals surface area contributed by atoms with Gasteiger partial charge in [-0.05, 0) is 38.0 Å². The molecule has 1 saturated carbocycles. The zero-order chi connectivity index (χ0) is 20.0. The van der Waals surface area contributed by atoms with Gasteiger partial charge >= 0.3 is 5.97 Å². The first-order valence-electron chi connectivity index (χ1n) is 8.65. The van der Waals surface area contributed by atoms with Crippen molar-refractivity contribution in [3.05, 3.63) is 48.0 Å². The second-order valence-electron chi connectivity index (χ2n) is 6.51. The van der Waals surface area contributed by atoms with Crippen molar-refractivity contribution in [2.75, 3.05) is 26.7 Å². The van der Waals surface area contributed by atoms with E-state index in [1.165, 1.54) is 23.6 Å². The minimum absolute atomic E-state index is 0.0484. The van der Waals surface area contributed by atoms with Crippen LogP contribution in [0.15, 0.2) is 36.9 Å². The van der Waals surface area contributed by atoms with E-state index in [9.17, 15) is 14.4 Å². The highest BCUT2D eigenvalue weighted by Crippen LogP contribution is 2.45. The summed E-state index contributed by atoms with van der Waals surface area (Å²) in [6.45, 7) is 6.19. The lowest BCUT2D eigenvalue weighted by Gasteiger charge is -2.40. The van der Waals surface area contributed by atoms with Crippen LogP contribution in [0.3, 0.4) is 0 Å². The summed E-state index contributed by atoms with van der Waals surface area (Å²) in [6.07, 6.45) is 2.54. The largest absolute Gasteiger partial charge is 0.468 e. The SMILES string of the molecule is C=CC(=O)N1CCN(CC(=O)OC)C(=O)C12CC2.Cc1ccc(C#N)cc1. The van der Waals surface area contributed by atoms with Gasteiger partial charge in [0, 0.05) is 13.1 Å². The topological polar surface area (TPSA) is 90.7 Å². The number of carbonyl (C=O) groups is 3. The Bertz CT molecular complexity index is 775. The first-order valence-corrected chi connectivity index (χ1v) is 8.65. The first kappa shape index (κ1) is 20.2. The van der Waals surface area contributed by atoms with E-state index < -0.39 is 11.5 Å². The fraction of sp³-hybridized carbons (Fsp3) is 0.400. The summed E-state index contributed by atoms with van der Waals surface area (Å²) in [4.78, 5) is 38.2. The summed E-state index contributed by atoms with van der Waals surface area (Å²) in [7, 11) is 1.29. The molecule has 1 aromatic rings. The van der Waals surface area contributed by atoms with Gasteiger partial charge in [-0.15, -0.1) is 0 Å². The molecule has 1 spiro atoms. The van der Waals surface area contributed by atoms with Crippen LogP contribution in [-0.2, 0) is 19.1 Å². The lowest BCUT2D eigenvalue weighted by atomic mass is 10.1. The van der Waals surface area contributed by atoms with Crippen molar-refractivity contribution >= 4 is 17.8 Å². The van der Waals surface area contributed by atoms with Crippen molar-refractivity contribution < 1.29 is 19.1 Å². The third-order valence-electron chi connectivity index (χ3n) is 4.69. The van der Waals surface area contributed by atoms with Gasteiger partial charge in [-0.2, -0.15) is 5.26 Å². The van der Waals surface area contributed by atoms with Crippen LogP contribution in [0.5, 0.6) is 0 Å². The molecule has 0 atom stereocenters. The van der Waals surface area contributed by atoms with Crippen LogP contribution in [0.25, 0.3) is 0 Å². The Morgan fingerprint density at radius 3 is 2.41 bits per heavy atom. The first-order chi connectivity index (χ1) is 12.9. The number of ether oxygens (including phenoxy) is 1. The molecule has 27 heavy (non-hydrogen) atoms. The number of aryl methyl sites for hydroxylation is 1. The van der Waals surface area contributed by atoms with Crippen molar-refractivity contribution in [1.82, 2.24) is 9.80 Å². The third kappa shape index (κ3) is 4.53. The van der Waals surface area contributed by atoms with Crippen LogP contribution in [-0.4, -0.2) is 59.9 Å². The number of hydrogen-bond donors (Lipinski definition) is 0. The van der Waals surface area contributed by atoms with Crippen LogP contribution >= 0.6 is 0 Å². The molecule has 0 aromatic heterocycles. The second-order valence-corrected chi connectivity index (χ2v) is 6.51. The maximum atomic E-state index is 12.3. The van der Waals surface area contributed by atoms with E-state index in [1.54, 1.807) is 4.90 Å². The fourth-order valence-electron chi connectivity index (χ4n) is 2.98. The van der Waals surface area contributed by atoms with Crippen LogP contribution in [0.4, 0.5) is 0 Å². The summed E-state index contributed by atoms with van der Waals surface area (Å²) in [5.41, 5.74) is 1.19. The Hall–Kier alpha value is -3.14. The van der Waals surface area contributed by atoms with Gasteiger partial charge in [0.2, 0.25) is 11.8 Å². The average Bonchev–Trinajstić information content (AvgIpc) is 3.47. The molecule has 0 bridgehead atoms. The predicted molar refractivity (Wildman–Crippen MR) is 98.4 cm³/mol. The van der Waals surface area contributed by atoms with Crippen LogP contribution in [0.2, 0.25) is 0 Å². The molecule has 0 unspecified atom stereocenters. The maximum Gasteiger partial charge on any atom is 0.325 e. The number of piperazine rings is 1. The van der Waals surface area contributed by atoms with Crippen molar-refractivity contribution in [1.29, 1.82) is 5.26 Å². The molecule has 142 valence electrons. The van der Waals surface area contributed by atoms with E-state index in [1.807, 2.05) is 31.2 Å². The molecular weight excluding hydrogens is 346 g/mol. The number of esters is 1. The van der Waals surface area contributed by atoms with Gasteiger partial charge in [-0.3, -0.25) is 14.4 Å². The number of amides is 2. The van der Waals surface area contributed by atoms with Gasteiger partial charge < -0.3 is 14.5 Å². The van der Waals surface area contributed by atoms with E-state index in [-0.39, 0.29) is 18.4 Å². The highest BCUT2D eigenvalue weighted by Gasteiger charge is 2.59. The summed E-state index contributed by atoms with van der Waals surface area (Å²) in [6, 6.07) is 9.54. The number of rotatable bonds is 3. The molecule has 2 amide bonds. The van der Waals surface area contributed by atoms with Crippen LogP contribution < -0.4 is 0 Å². The zero-order valence-electron chi connectivity index (χ0n) is 15.6. The Kier molecular flexibility index (Phi) is 6.35. The van der Waals surface area contributed by atoms with Crippen molar-refractivity contribution in [2.24, 2.45) is 0 Å². The summed E-state index contributed by atoms with van der Waals surface area (Å²) < 4.78 is 4.56. The molecule has 1 aliphatic carbocycles. The summed E-state index contributed by atoms with van der Waals surface area (Å²) >= 11 is 0. The fourth-order valence-corrected chi connectivity index (χ4v) is 2.98. The normalized spacial score (nSPS) is 16.7. The van der Waals surface area contributed by atoms with E-state index in [0.29, 0.717) is 25.9 Å². The molecule has 7 heteroatoms. The van der Waals surface area contributed by atoms with E-state index >= 15 is 0 Å². The predicted octanol–water partition coefficient (Wildman–Crippen LogP) is 1.42. The van der Waals surface area contributed by atoms with Crippen molar-refractivity contribution in [2.45, 2.75) is 25.3 Å². The van der Waals surface area contributed by atoms with Crippen LogP contribution in [0.1, 0.15) is 24.0 Å².